The minimum absolute atomic E-state index is 0.157. The first-order valence-corrected chi connectivity index (χ1v) is 6.97. The van der Waals surface area contributed by atoms with Gasteiger partial charge in [-0.25, -0.2) is 4.39 Å². The van der Waals surface area contributed by atoms with E-state index in [1.54, 1.807) is 12.3 Å². The number of hydrogen-bond donors (Lipinski definition) is 0. The van der Waals surface area contributed by atoms with Crippen LogP contribution in [0.5, 0.6) is 5.88 Å². The Labute approximate surface area is 125 Å². The van der Waals surface area contributed by atoms with Crippen LogP contribution in [0.2, 0.25) is 0 Å². The Hall–Kier alpha value is -2.22. The number of methoxy groups -OCH3 is 1. The van der Waals surface area contributed by atoms with Crippen LogP contribution in [0, 0.1) is 0 Å². The largest absolute Gasteiger partial charge is 0.480 e. The number of halogens is 1. The van der Waals surface area contributed by atoms with Crippen molar-refractivity contribution in [3.05, 3.63) is 36.0 Å². The zero-order valence-corrected chi connectivity index (χ0v) is 12.3. The molecule has 0 atom stereocenters. The second-order valence-electron chi connectivity index (χ2n) is 4.11. The standard InChI is InChI=1S/C13H15FN4O2S/c1-3-13(19)18(9-11-6-12(20-2)16-21-11)10-7-15-17(8-10)5-4-14/h3,6-8H,1,4-5,9H2,2H3. The number of carbonyl (C=O) groups excluding carboxylic acids is 1. The predicted molar refractivity (Wildman–Crippen MR) is 78.3 cm³/mol. The average molecular weight is 310 g/mol. The van der Waals surface area contributed by atoms with Crippen LogP contribution in [0.25, 0.3) is 0 Å². The number of hydrogen-bond acceptors (Lipinski definition) is 5. The van der Waals surface area contributed by atoms with Crippen molar-refractivity contribution in [1.29, 1.82) is 0 Å². The van der Waals surface area contributed by atoms with Gasteiger partial charge >= 0.3 is 0 Å². The monoisotopic (exact) mass is 310 g/mol. The highest BCUT2D eigenvalue weighted by molar-refractivity contribution is 7.05. The Bertz CT molecular complexity index is 625. The molecule has 0 bridgehead atoms. The van der Waals surface area contributed by atoms with Gasteiger partial charge in [0.25, 0.3) is 5.91 Å². The van der Waals surface area contributed by atoms with Crippen molar-refractivity contribution < 1.29 is 13.9 Å². The van der Waals surface area contributed by atoms with Gasteiger partial charge < -0.3 is 9.64 Å². The van der Waals surface area contributed by atoms with Crippen molar-refractivity contribution in [3.8, 4) is 5.88 Å². The van der Waals surface area contributed by atoms with Gasteiger partial charge in [-0.3, -0.25) is 9.48 Å². The first kappa shape index (κ1) is 15.2. The van der Waals surface area contributed by atoms with Crippen molar-refractivity contribution in [2.45, 2.75) is 13.1 Å². The molecular weight excluding hydrogens is 295 g/mol. The van der Waals surface area contributed by atoms with Gasteiger partial charge in [-0.05, 0) is 17.6 Å². The summed E-state index contributed by atoms with van der Waals surface area (Å²) in [5.41, 5.74) is 0.584. The molecule has 0 radical (unpaired) electrons. The maximum absolute atomic E-state index is 12.3. The summed E-state index contributed by atoms with van der Waals surface area (Å²) in [6.45, 7) is 3.47. The van der Waals surface area contributed by atoms with Gasteiger partial charge in [0.2, 0.25) is 5.88 Å². The molecule has 6 nitrogen and oxygen atoms in total. The summed E-state index contributed by atoms with van der Waals surface area (Å²) >= 11 is 1.25. The number of ether oxygens (including phenoxy) is 1. The van der Waals surface area contributed by atoms with Crippen molar-refractivity contribution in [2.75, 3.05) is 18.7 Å². The van der Waals surface area contributed by atoms with E-state index >= 15 is 0 Å². The Kier molecular flexibility index (Phi) is 5.04. The zero-order valence-electron chi connectivity index (χ0n) is 11.5. The van der Waals surface area contributed by atoms with Crippen LogP contribution in [0.3, 0.4) is 0 Å². The molecule has 0 aliphatic carbocycles. The summed E-state index contributed by atoms with van der Waals surface area (Å²) in [6, 6.07) is 1.76. The molecular formula is C13H15FN4O2S. The number of aryl methyl sites for hydroxylation is 1. The topological polar surface area (TPSA) is 60.3 Å². The molecule has 0 N–H and O–H groups in total. The fraction of sp³-hybridized carbons (Fsp3) is 0.308. The van der Waals surface area contributed by atoms with Gasteiger partial charge in [-0.15, -0.1) is 0 Å². The molecule has 21 heavy (non-hydrogen) atoms. The fourth-order valence-corrected chi connectivity index (χ4v) is 2.40. The molecule has 1 amide bonds. The van der Waals surface area contributed by atoms with Crippen LogP contribution in [0.1, 0.15) is 4.88 Å². The van der Waals surface area contributed by atoms with Crippen LogP contribution < -0.4 is 9.64 Å². The maximum atomic E-state index is 12.3. The summed E-state index contributed by atoms with van der Waals surface area (Å²) in [7, 11) is 1.53. The maximum Gasteiger partial charge on any atom is 0.250 e. The third-order valence-electron chi connectivity index (χ3n) is 2.75. The molecule has 0 aliphatic heterocycles. The molecule has 0 spiro atoms. The van der Waals surface area contributed by atoms with Crippen molar-refractivity contribution >= 4 is 23.1 Å². The normalized spacial score (nSPS) is 10.4. The van der Waals surface area contributed by atoms with Gasteiger partial charge in [-0.1, -0.05) is 6.58 Å². The predicted octanol–water partition coefficient (Wildman–Crippen LogP) is 2.04. The highest BCUT2D eigenvalue weighted by atomic mass is 32.1. The van der Waals surface area contributed by atoms with Gasteiger partial charge in [0.15, 0.2) is 0 Å². The van der Waals surface area contributed by atoms with Gasteiger partial charge in [-0.2, -0.15) is 9.47 Å². The Morgan fingerprint density at radius 3 is 3.10 bits per heavy atom. The van der Waals surface area contributed by atoms with Crippen LogP contribution >= 0.6 is 11.5 Å². The van der Waals surface area contributed by atoms with Crippen LogP contribution in [0.4, 0.5) is 10.1 Å². The van der Waals surface area contributed by atoms with Crippen molar-refractivity contribution in [1.82, 2.24) is 14.2 Å². The highest BCUT2D eigenvalue weighted by Gasteiger charge is 2.17. The molecule has 0 fully saturated rings. The molecule has 0 saturated carbocycles. The molecule has 0 aromatic carbocycles. The van der Waals surface area contributed by atoms with Crippen molar-refractivity contribution in [3.63, 3.8) is 0 Å². The van der Waals surface area contributed by atoms with E-state index in [-0.39, 0.29) is 12.5 Å². The Morgan fingerprint density at radius 1 is 1.67 bits per heavy atom. The third kappa shape index (κ3) is 3.66. The van der Waals surface area contributed by atoms with E-state index < -0.39 is 6.67 Å². The number of aromatic nitrogens is 3. The number of rotatable bonds is 7. The van der Waals surface area contributed by atoms with Crippen LogP contribution in [0.15, 0.2) is 31.1 Å². The molecule has 0 unspecified atom stereocenters. The number of nitrogens with zero attached hydrogens (tertiary/aromatic N) is 4. The van der Waals surface area contributed by atoms with E-state index in [1.807, 2.05) is 0 Å². The number of alkyl halides is 1. The van der Waals surface area contributed by atoms with Crippen molar-refractivity contribution in [2.24, 2.45) is 0 Å². The van der Waals surface area contributed by atoms with Gasteiger partial charge in [0.05, 0.1) is 32.1 Å². The van der Waals surface area contributed by atoms with Gasteiger partial charge in [0.1, 0.15) is 6.67 Å². The van der Waals surface area contributed by atoms with E-state index in [1.165, 1.54) is 40.5 Å². The average Bonchev–Trinajstić information content (AvgIpc) is 3.13. The molecule has 112 valence electrons. The molecule has 2 aromatic rings. The Morgan fingerprint density at radius 2 is 2.48 bits per heavy atom. The summed E-state index contributed by atoms with van der Waals surface area (Å²) in [4.78, 5) is 14.4. The third-order valence-corrected chi connectivity index (χ3v) is 3.50. The second kappa shape index (κ2) is 6.98. The lowest BCUT2D eigenvalue weighted by Gasteiger charge is -2.17. The lowest BCUT2D eigenvalue weighted by molar-refractivity contribution is -0.114. The second-order valence-corrected chi connectivity index (χ2v) is 5.00. The molecule has 0 aliphatic rings. The SMILES string of the molecule is C=CC(=O)N(Cc1cc(OC)ns1)c1cnn(CCF)c1. The smallest absolute Gasteiger partial charge is 0.250 e. The Balaban J connectivity index is 2.20. The van der Waals surface area contributed by atoms with E-state index in [2.05, 4.69) is 16.1 Å². The fourth-order valence-electron chi connectivity index (χ4n) is 1.73. The zero-order chi connectivity index (χ0) is 15.2. The molecule has 8 heteroatoms. The molecule has 0 saturated heterocycles. The summed E-state index contributed by atoms with van der Waals surface area (Å²) in [5, 5.41) is 4.02. The first-order chi connectivity index (χ1) is 10.2. The van der Waals surface area contributed by atoms with Crippen LogP contribution in [-0.2, 0) is 17.9 Å². The first-order valence-electron chi connectivity index (χ1n) is 6.20. The minimum atomic E-state index is -0.511. The van der Waals surface area contributed by atoms with E-state index in [9.17, 15) is 9.18 Å². The van der Waals surface area contributed by atoms with E-state index in [4.69, 9.17) is 4.74 Å². The molecule has 2 rings (SSSR count). The number of carbonyl (C=O) groups is 1. The summed E-state index contributed by atoms with van der Waals surface area (Å²) in [6.07, 6.45) is 4.37. The minimum Gasteiger partial charge on any atom is -0.480 e. The number of anilines is 1. The van der Waals surface area contributed by atoms with Gasteiger partial charge in [0, 0.05) is 17.1 Å². The summed E-state index contributed by atoms with van der Waals surface area (Å²) < 4.78 is 22.9. The highest BCUT2D eigenvalue weighted by Crippen LogP contribution is 2.22. The van der Waals surface area contributed by atoms with E-state index in [0.29, 0.717) is 18.1 Å². The summed E-state index contributed by atoms with van der Waals surface area (Å²) in [5.74, 6) is 0.247. The van der Waals surface area contributed by atoms with Crippen LogP contribution in [-0.4, -0.2) is 33.8 Å². The quantitative estimate of drug-likeness (QED) is 0.734. The molecule has 2 heterocycles. The lowest BCUT2D eigenvalue weighted by atomic mass is 10.3. The lowest BCUT2D eigenvalue weighted by Crippen LogP contribution is -2.27. The molecule has 2 aromatic heterocycles. The van der Waals surface area contributed by atoms with E-state index in [0.717, 1.165) is 4.88 Å². The number of amides is 1.